The van der Waals surface area contributed by atoms with Crippen LogP contribution in [-0.4, -0.2) is 54.6 Å². The van der Waals surface area contributed by atoms with Crippen molar-refractivity contribution < 1.29 is 74.6 Å². The summed E-state index contributed by atoms with van der Waals surface area (Å²) in [4.78, 5) is 0. The van der Waals surface area contributed by atoms with E-state index in [9.17, 15) is 74.6 Å². The van der Waals surface area contributed by atoms with Crippen molar-refractivity contribution in [1.29, 1.82) is 0 Å². The first kappa shape index (κ1) is 24.8. The van der Waals surface area contributed by atoms with E-state index in [0.717, 1.165) is 0 Å². The van der Waals surface area contributed by atoms with Gasteiger partial charge in [0.05, 0.1) is 0 Å². The molecule has 17 heteroatoms. The second kappa shape index (κ2) is 6.45. The van der Waals surface area contributed by atoms with Crippen LogP contribution in [0.1, 0.15) is 0 Å². The minimum atomic E-state index is -8.29. The molecule has 1 unspecified atom stereocenters. The minimum absolute atomic E-state index is 5.55. The normalized spacial score (nSPS) is 17.2. The molecule has 1 atom stereocenters. The molecule has 0 nitrogen and oxygen atoms in total. The summed E-state index contributed by atoms with van der Waals surface area (Å²) in [6.07, 6.45) is -17.7. The van der Waals surface area contributed by atoms with Gasteiger partial charge < -0.3 is 0 Å². The summed E-state index contributed by atoms with van der Waals surface area (Å²) in [6.45, 7) is 0. The molecule has 0 saturated heterocycles. The lowest BCUT2D eigenvalue weighted by atomic mass is 9.90. The molecule has 0 heterocycles. The maximum absolute atomic E-state index is 12.9. The molecule has 0 aromatic rings. The van der Waals surface area contributed by atoms with E-state index < -0.39 is 54.6 Å². The van der Waals surface area contributed by atoms with Crippen molar-refractivity contribution >= 4 is 0 Å². The monoisotopic (exact) mass is 434 g/mol. The molecule has 0 aliphatic heterocycles. The fraction of sp³-hybridized carbons (Fsp3) is 1.00. The topological polar surface area (TPSA) is 0 Å². The van der Waals surface area contributed by atoms with Crippen LogP contribution in [0.15, 0.2) is 0 Å². The van der Waals surface area contributed by atoms with Crippen molar-refractivity contribution in [3.05, 3.63) is 0 Å². The maximum atomic E-state index is 12.9. The number of halogens is 17. The molecule has 0 bridgehead atoms. The molecule has 0 radical (unpaired) electrons. The highest BCUT2D eigenvalue weighted by Crippen LogP contribution is 2.60. The minimum Gasteiger partial charge on any atom is -0.234 e. The Labute approximate surface area is 130 Å². The Morgan fingerprint density at radius 1 is 0.385 bits per heavy atom. The second-order valence-electron chi connectivity index (χ2n) is 4.61. The lowest BCUT2D eigenvalue weighted by molar-refractivity contribution is -0.424. The fourth-order valence-electron chi connectivity index (χ4n) is 1.26. The van der Waals surface area contributed by atoms with E-state index in [1.807, 2.05) is 0 Å². The lowest BCUT2D eigenvalue weighted by Gasteiger charge is -2.40. The van der Waals surface area contributed by atoms with Gasteiger partial charge in [0, 0.05) is 0 Å². The Bertz CT molecular complexity index is 490. The van der Waals surface area contributed by atoms with Gasteiger partial charge in [0.1, 0.15) is 0 Å². The fourth-order valence-corrected chi connectivity index (χ4v) is 1.26. The van der Waals surface area contributed by atoms with Gasteiger partial charge >= 0.3 is 48.4 Å². The molecule has 0 amide bonds. The van der Waals surface area contributed by atoms with Crippen LogP contribution in [0, 0.1) is 0 Å². The highest BCUT2D eigenvalue weighted by Gasteiger charge is 2.90. The van der Waals surface area contributed by atoms with Crippen LogP contribution in [0.2, 0.25) is 0 Å². The average molecular weight is 434 g/mol. The van der Waals surface area contributed by atoms with Crippen LogP contribution < -0.4 is 0 Å². The van der Waals surface area contributed by atoms with Crippen LogP contribution in [-0.2, 0) is 0 Å². The van der Waals surface area contributed by atoms with Gasteiger partial charge in [0.15, 0.2) is 0 Å². The summed E-state index contributed by atoms with van der Waals surface area (Å²) in [5.41, 5.74) is 0. The van der Waals surface area contributed by atoms with Gasteiger partial charge in [-0.15, -0.1) is 0 Å². The zero-order valence-corrected chi connectivity index (χ0v) is 11.2. The van der Waals surface area contributed by atoms with Gasteiger partial charge in [-0.3, -0.25) is 0 Å². The van der Waals surface area contributed by atoms with Gasteiger partial charge in [-0.25, -0.2) is 22.0 Å². The molecule has 0 spiro atoms. The van der Waals surface area contributed by atoms with Crippen LogP contribution in [0.3, 0.4) is 0 Å². The summed E-state index contributed by atoms with van der Waals surface area (Å²) >= 11 is 0. The SMILES string of the molecule is FC(F)C(F)(F)C(F)C(F)(F)C(F)(F)C(F)(F)C(F)(F)C(F)(F)C(F)F. The van der Waals surface area contributed by atoms with Crippen LogP contribution in [0.5, 0.6) is 0 Å². The van der Waals surface area contributed by atoms with Crippen LogP contribution >= 0.6 is 0 Å². The van der Waals surface area contributed by atoms with Crippen molar-refractivity contribution in [2.24, 2.45) is 0 Å². The van der Waals surface area contributed by atoms with E-state index in [1.54, 1.807) is 0 Å². The predicted octanol–water partition coefficient (Wildman–Crippen LogP) is 5.67. The first-order chi connectivity index (χ1) is 11.0. The number of hydrogen-bond acceptors (Lipinski definition) is 0. The van der Waals surface area contributed by atoms with Gasteiger partial charge in [0.2, 0.25) is 6.17 Å². The highest BCUT2D eigenvalue weighted by molar-refractivity contribution is 5.12. The first-order valence-electron chi connectivity index (χ1n) is 5.51. The molecule has 0 aliphatic carbocycles. The summed E-state index contributed by atoms with van der Waals surface area (Å²) < 4.78 is 212. The van der Waals surface area contributed by atoms with E-state index in [1.165, 1.54) is 0 Å². The molecule has 0 aromatic heterocycles. The van der Waals surface area contributed by atoms with Gasteiger partial charge in [-0.1, -0.05) is 0 Å². The van der Waals surface area contributed by atoms with E-state index in [4.69, 9.17) is 0 Å². The lowest BCUT2D eigenvalue weighted by Crippen LogP contribution is -2.71. The second-order valence-corrected chi connectivity index (χ2v) is 4.61. The molecular weight excluding hydrogens is 431 g/mol. The summed E-state index contributed by atoms with van der Waals surface area (Å²) in [5, 5.41) is 0. The molecular formula is C9H3F17. The molecule has 0 fully saturated rings. The number of hydrogen-bond donors (Lipinski definition) is 0. The van der Waals surface area contributed by atoms with Gasteiger partial charge in [-0.2, -0.15) is 52.7 Å². The molecule has 0 saturated carbocycles. The highest BCUT2D eigenvalue weighted by atomic mass is 19.4. The smallest absolute Gasteiger partial charge is 0.234 e. The first-order valence-corrected chi connectivity index (χ1v) is 5.51. The largest absolute Gasteiger partial charge is 0.384 e. The van der Waals surface area contributed by atoms with Gasteiger partial charge in [0.25, 0.3) is 0 Å². The molecule has 0 rings (SSSR count). The van der Waals surface area contributed by atoms with Crippen LogP contribution in [0.25, 0.3) is 0 Å². The summed E-state index contributed by atoms with van der Waals surface area (Å²) in [6, 6.07) is 0. The third-order valence-corrected chi connectivity index (χ3v) is 2.85. The summed E-state index contributed by atoms with van der Waals surface area (Å²) in [7, 11) is 0. The molecule has 0 aromatic carbocycles. The Morgan fingerprint density at radius 2 is 0.692 bits per heavy atom. The van der Waals surface area contributed by atoms with E-state index in [0.29, 0.717) is 0 Å². The van der Waals surface area contributed by atoms with Crippen molar-refractivity contribution in [3.8, 4) is 0 Å². The standard InChI is InChI=1S/C9H3F17/c10-1(4(15,16)2(11)12)5(17,18)7(21,22)9(25,26)8(23,24)6(19,20)3(13)14/h1-3H. The molecule has 0 aliphatic rings. The average Bonchev–Trinajstić information content (AvgIpc) is 2.44. The van der Waals surface area contributed by atoms with Crippen molar-refractivity contribution in [3.63, 3.8) is 0 Å². The Balaban J connectivity index is 6.36. The van der Waals surface area contributed by atoms with E-state index in [-0.39, 0.29) is 0 Å². The Morgan fingerprint density at radius 3 is 0.962 bits per heavy atom. The Hall–Kier alpha value is -1.19. The third-order valence-electron chi connectivity index (χ3n) is 2.85. The van der Waals surface area contributed by atoms with Crippen molar-refractivity contribution in [1.82, 2.24) is 0 Å². The Kier molecular flexibility index (Phi) is 6.16. The maximum Gasteiger partial charge on any atom is 0.384 e. The summed E-state index contributed by atoms with van der Waals surface area (Å²) in [5.74, 6) is -46.6. The van der Waals surface area contributed by atoms with E-state index in [2.05, 4.69) is 0 Å². The quantitative estimate of drug-likeness (QED) is 0.433. The zero-order chi connectivity index (χ0) is 21.7. The van der Waals surface area contributed by atoms with Crippen LogP contribution in [0.4, 0.5) is 74.6 Å². The number of alkyl halides is 17. The third kappa shape index (κ3) is 3.14. The van der Waals surface area contributed by atoms with E-state index >= 15 is 0 Å². The zero-order valence-electron chi connectivity index (χ0n) is 11.2. The molecule has 158 valence electrons. The molecule has 26 heavy (non-hydrogen) atoms. The molecule has 0 N–H and O–H groups in total. The van der Waals surface area contributed by atoms with Crippen molar-refractivity contribution in [2.45, 2.75) is 54.6 Å². The number of rotatable bonds is 8. The van der Waals surface area contributed by atoms with Gasteiger partial charge in [-0.05, 0) is 0 Å². The predicted molar refractivity (Wildman–Crippen MR) is 46.6 cm³/mol. The van der Waals surface area contributed by atoms with Crippen molar-refractivity contribution in [2.75, 3.05) is 0 Å².